The molecule has 0 aliphatic carbocycles. The quantitative estimate of drug-likeness (QED) is 0.850. The van der Waals surface area contributed by atoms with E-state index in [1.54, 1.807) is 12.1 Å². The first-order valence-corrected chi connectivity index (χ1v) is 9.26. The number of anilines is 1. The van der Waals surface area contributed by atoms with Crippen molar-refractivity contribution in [1.82, 2.24) is 0 Å². The van der Waals surface area contributed by atoms with Gasteiger partial charge < -0.3 is 9.47 Å². The number of ether oxygens (including phenoxy) is 2. The van der Waals surface area contributed by atoms with E-state index in [0.29, 0.717) is 18.2 Å². The van der Waals surface area contributed by atoms with Gasteiger partial charge in [-0.3, -0.25) is 4.31 Å². The molecule has 0 fully saturated rings. The Labute approximate surface area is 142 Å². The van der Waals surface area contributed by atoms with Gasteiger partial charge in [-0.05, 0) is 36.1 Å². The highest BCUT2D eigenvalue weighted by Crippen LogP contribution is 2.39. The van der Waals surface area contributed by atoms with Crippen molar-refractivity contribution in [3.05, 3.63) is 48.0 Å². The molecule has 0 radical (unpaired) electrons. The molecule has 6 heteroatoms. The van der Waals surface area contributed by atoms with Crippen molar-refractivity contribution >= 4 is 15.7 Å². The van der Waals surface area contributed by atoms with Crippen LogP contribution in [0.1, 0.15) is 24.8 Å². The lowest BCUT2D eigenvalue weighted by Gasteiger charge is -2.33. The third-order valence-corrected chi connectivity index (χ3v) is 6.29. The van der Waals surface area contributed by atoms with E-state index in [0.717, 1.165) is 17.7 Å². The molecule has 24 heavy (non-hydrogen) atoms. The van der Waals surface area contributed by atoms with Crippen LogP contribution >= 0.6 is 0 Å². The van der Waals surface area contributed by atoms with Crippen LogP contribution in [0.3, 0.4) is 0 Å². The average molecular weight is 347 g/mol. The van der Waals surface area contributed by atoms with E-state index in [1.807, 2.05) is 24.3 Å². The highest BCUT2D eigenvalue weighted by molar-refractivity contribution is 7.93. The van der Waals surface area contributed by atoms with E-state index < -0.39 is 10.0 Å². The summed E-state index contributed by atoms with van der Waals surface area (Å²) in [5.74, 6) is 1.18. The SMILES string of the molecule is COc1ccc(S(=O)(=O)N2CCC(C)c3ccccc32)c(OC)c1. The van der Waals surface area contributed by atoms with E-state index in [-0.39, 0.29) is 10.6 Å². The zero-order valence-corrected chi connectivity index (χ0v) is 14.8. The minimum atomic E-state index is -3.71. The number of nitrogens with zero attached hydrogens (tertiary/aromatic N) is 1. The van der Waals surface area contributed by atoms with Crippen molar-refractivity contribution in [1.29, 1.82) is 0 Å². The summed E-state index contributed by atoms with van der Waals surface area (Å²) in [5.41, 5.74) is 1.80. The van der Waals surface area contributed by atoms with Gasteiger partial charge in [0.05, 0.1) is 19.9 Å². The smallest absolute Gasteiger partial charge is 0.268 e. The maximum atomic E-state index is 13.2. The van der Waals surface area contributed by atoms with Crippen molar-refractivity contribution in [2.45, 2.75) is 24.2 Å². The Morgan fingerprint density at radius 2 is 1.83 bits per heavy atom. The molecule has 1 aliphatic heterocycles. The lowest BCUT2D eigenvalue weighted by molar-refractivity contribution is 0.386. The molecule has 3 rings (SSSR count). The predicted octanol–water partition coefficient (Wildman–Crippen LogP) is 3.41. The first kappa shape index (κ1) is 16.6. The summed E-state index contributed by atoms with van der Waals surface area (Å²) in [4.78, 5) is 0.148. The Kier molecular flexibility index (Phi) is 4.41. The minimum absolute atomic E-state index is 0.148. The molecule has 128 valence electrons. The molecule has 0 spiro atoms. The summed E-state index contributed by atoms with van der Waals surface area (Å²) in [7, 11) is -0.723. The van der Waals surface area contributed by atoms with Gasteiger partial charge in [0.1, 0.15) is 16.4 Å². The summed E-state index contributed by atoms with van der Waals surface area (Å²) < 4.78 is 38.4. The highest BCUT2D eigenvalue weighted by atomic mass is 32.2. The van der Waals surface area contributed by atoms with Crippen LogP contribution in [0, 0.1) is 0 Å². The fourth-order valence-electron chi connectivity index (χ4n) is 3.07. The summed E-state index contributed by atoms with van der Waals surface area (Å²) in [6.07, 6.45) is 0.786. The molecule has 5 nitrogen and oxygen atoms in total. The number of fused-ring (bicyclic) bond motifs is 1. The number of para-hydroxylation sites is 1. The highest BCUT2D eigenvalue weighted by Gasteiger charge is 2.33. The Balaban J connectivity index is 2.11. The second-order valence-electron chi connectivity index (χ2n) is 5.84. The first-order valence-electron chi connectivity index (χ1n) is 7.82. The zero-order valence-electron chi connectivity index (χ0n) is 14.0. The topological polar surface area (TPSA) is 55.8 Å². The fraction of sp³-hybridized carbons (Fsp3) is 0.333. The Morgan fingerprint density at radius 3 is 2.54 bits per heavy atom. The van der Waals surface area contributed by atoms with Crippen molar-refractivity contribution in [2.75, 3.05) is 25.1 Å². The van der Waals surface area contributed by atoms with Crippen LogP contribution in [0.5, 0.6) is 11.5 Å². The second kappa shape index (κ2) is 6.36. The molecule has 0 amide bonds. The molecule has 2 aromatic carbocycles. The van der Waals surface area contributed by atoms with Crippen LogP contribution in [0.15, 0.2) is 47.4 Å². The maximum absolute atomic E-state index is 13.2. The van der Waals surface area contributed by atoms with Crippen molar-refractivity contribution < 1.29 is 17.9 Å². The number of hydrogen-bond donors (Lipinski definition) is 0. The molecule has 0 aromatic heterocycles. The molecule has 0 N–H and O–H groups in total. The lowest BCUT2D eigenvalue weighted by Crippen LogP contribution is -2.36. The van der Waals surface area contributed by atoms with E-state index in [2.05, 4.69) is 6.92 Å². The minimum Gasteiger partial charge on any atom is -0.497 e. The predicted molar refractivity (Wildman–Crippen MR) is 93.6 cm³/mol. The summed E-state index contributed by atoms with van der Waals surface area (Å²) in [5, 5.41) is 0. The van der Waals surface area contributed by atoms with Crippen LogP contribution in [0.4, 0.5) is 5.69 Å². The average Bonchev–Trinajstić information content (AvgIpc) is 2.61. The number of benzene rings is 2. The van der Waals surface area contributed by atoms with E-state index >= 15 is 0 Å². The van der Waals surface area contributed by atoms with Crippen LogP contribution < -0.4 is 13.8 Å². The fourth-order valence-corrected chi connectivity index (χ4v) is 4.72. The Bertz CT molecular complexity index is 848. The molecule has 1 atom stereocenters. The third-order valence-electron chi connectivity index (χ3n) is 4.44. The van der Waals surface area contributed by atoms with Gasteiger partial charge in [0.2, 0.25) is 0 Å². The molecule has 0 bridgehead atoms. The molecule has 2 aromatic rings. The molecular formula is C18H21NO4S. The maximum Gasteiger partial charge on any atom is 0.268 e. The number of hydrogen-bond acceptors (Lipinski definition) is 4. The standard InChI is InChI=1S/C18H21NO4S/c1-13-10-11-19(16-7-5-4-6-15(13)16)24(20,21)18-9-8-14(22-2)12-17(18)23-3/h4-9,12-13H,10-11H2,1-3H3. The van der Waals surface area contributed by atoms with E-state index in [9.17, 15) is 8.42 Å². The van der Waals surface area contributed by atoms with Crippen LogP contribution in [-0.2, 0) is 10.0 Å². The molecule has 0 saturated heterocycles. The summed E-state index contributed by atoms with van der Waals surface area (Å²) in [6, 6.07) is 12.4. The van der Waals surface area contributed by atoms with Crippen molar-refractivity contribution in [3.8, 4) is 11.5 Å². The van der Waals surface area contributed by atoms with Gasteiger partial charge in [-0.2, -0.15) is 0 Å². The number of rotatable bonds is 4. The number of methoxy groups -OCH3 is 2. The van der Waals surface area contributed by atoms with Gasteiger partial charge in [-0.1, -0.05) is 25.1 Å². The van der Waals surface area contributed by atoms with Gasteiger partial charge in [0.15, 0.2) is 0 Å². The van der Waals surface area contributed by atoms with E-state index in [4.69, 9.17) is 9.47 Å². The van der Waals surface area contributed by atoms with Gasteiger partial charge in [-0.25, -0.2) is 8.42 Å². The lowest BCUT2D eigenvalue weighted by atomic mass is 9.93. The van der Waals surface area contributed by atoms with Crippen LogP contribution in [0.25, 0.3) is 0 Å². The largest absolute Gasteiger partial charge is 0.497 e. The monoisotopic (exact) mass is 347 g/mol. The van der Waals surface area contributed by atoms with Gasteiger partial charge in [0, 0.05) is 12.6 Å². The van der Waals surface area contributed by atoms with Crippen molar-refractivity contribution in [2.24, 2.45) is 0 Å². The summed E-state index contributed by atoms with van der Waals surface area (Å²) >= 11 is 0. The van der Waals surface area contributed by atoms with Crippen molar-refractivity contribution in [3.63, 3.8) is 0 Å². The normalized spacial score (nSPS) is 17.3. The molecule has 1 aliphatic rings. The first-order chi connectivity index (χ1) is 11.5. The van der Waals surface area contributed by atoms with Gasteiger partial charge >= 0.3 is 0 Å². The molecule has 1 unspecified atom stereocenters. The molecule has 0 saturated carbocycles. The molecular weight excluding hydrogens is 326 g/mol. The Morgan fingerprint density at radius 1 is 1.08 bits per heavy atom. The zero-order chi connectivity index (χ0) is 17.3. The van der Waals surface area contributed by atoms with Gasteiger partial charge in [0.25, 0.3) is 10.0 Å². The second-order valence-corrected chi connectivity index (χ2v) is 7.67. The summed E-state index contributed by atoms with van der Waals surface area (Å²) in [6.45, 7) is 2.58. The Hall–Kier alpha value is -2.21. The van der Waals surface area contributed by atoms with Gasteiger partial charge in [-0.15, -0.1) is 0 Å². The third kappa shape index (κ3) is 2.71. The van der Waals surface area contributed by atoms with Crippen LogP contribution in [0.2, 0.25) is 0 Å². The molecule has 1 heterocycles. The number of sulfonamides is 1. The van der Waals surface area contributed by atoms with E-state index in [1.165, 1.54) is 24.6 Å². The van der Waals surface area contributed by atoms with Crippen LogP contribution in [-0.4, -0.2) is 29.2 Å².